The van der Waals surface area contributed by atoms with Crippen LogP contribution in [0.3, 0.4) is 0 Å². The minimum Gasteiger partial charge on any atom is -0.370 e. The number of piperidine rings is 1. The van der Waals surface area contributed by atoms with Crippen LogP contribution in [0.15, 0.2) is 38.8 Å². The molecular formula is C21H29N3O2S3. The summed E-state index contributed by atoms with van der Waals surface area (Å²) in [6.45, 7) is 4.41. The minimum absolute atomic E-state index is 0.373. The minimum atomic E-state index is -3.38. The van der Waals surface area contributed by atoms with Crippen molar-refractivity contribution < 1.29 is 8.42 Å². The Bertz CT molecular complexity index is 971. The van der Waals surface area contributed by atoms with Crippen molar-refractivity contribution in [3.05, 3.63) is 35.9 Å². The SMILES string of the molecule is Cc1cccc(NSc2ccc(S(=O)(=O)N(C)C)s2)c1N1CCC2(CCC2)CC1. The molecule has 1 aliphatic carbocycles. The number of hydrogen-bond acceptors (Lipinski definition) is 6. The van der Waals surface area contributed by atoms with Crippen molar-refractivity contribution in [3.63, 3.8) is 0 Å². The third-order valence-electron chi connectivity index (χ3n) is 6.35. The van der Waals surface area contributed by atoms with E-state index in [0.717, 1.165) is 23.0 Å². The second kappa shape index (κ2) is 8.13. The first-order valence-electron chi connectivity index (χ1n) is 10.1. The Morgan fingerprint density at radius 2 is 1.83 bits per heavy atom. The van der Waals surface area contributed by atoms with Gasteiger partial charge in [0.05, 0.1) is 15.6 Å². The van der Waals surface area contributed by atoms with Gasteiger partial charge in [-0.1, -0.05) is 18.6 Å². The molecule has 0 amide bonds. The normalized spacial score (nSPS) is 18.8. The molecule has 1 spiro atoms. The molecule has 0 radical (unpaired) electrons. The van der Waals surface area contributed by atoms with Crippen LogP contribution in [0, 0.1) is 12.3 Å². The molecule has 2 fully saturated rings. The summed E-state index contributed by atoms with van der Waals surface area (Å²) in [6.07, 6.45) is 6.81. The molecule has 2 aromatic rings. The number of benzene rings is 1. The van der Waals surface area contributed by atoms with Crippen molar-refractivity contribution >= 4 is 44.7 Å². The number of aryl methyl sites for hydroxylation is 1. The summed E-state index contributed by atoms with van der Waals surface area (Å²) in [6, 6.07) is 9.93. The number of rotatable bonds is 6. The Balaban J connectivity index is 1.47. The van der Waals surface area contributed by atoms with E-state index in [4.69, 9.17) is 0 Å². The van der Waals surface area contributed by atoms with Gasteiger partial charge in [-0.3, -0.25) is 0 Å². The maximum atomic E-state index is 12.3. The van der Waals surface area contributed by atoms with Crippen molar-refractivity contribution in [2.45, 2.75) is 47.4 Å². The summed E-state index contributed by atoms with van der Waals surface area (Å²) in [4.78, 5) is 2.53. The van der Waals surface area contributed by atoms with E-state index < -0.39 is 10.0 Å². The molecule has 5 nitrogen and oxygen atoms in total. The Morgan fingerprint density at radius 1 is 1.10 bits per heavy atom. The van der Waals surface area contributed by atoms with E-state index in [2.05, 4.69) is 34.7 Å². The molecule has 0 atom stereocenters. The van der Waals surface area contributed by atoms with Gasteiger partial charge in [0.1, 0.15) is 4.21 Å². The largest absolute Gasteiger partial charge is 0.370 e. The van der Waals surface area contributed by atoms with Crippen molar-refractivity contribution in [2.24, 2.45) is 5.41 Å². The van der Waals surface area contributed by atoms with E-state index >= 15 is 0 Å². The third-order valence-corrected chi connectivity index (χ3v) is 10.7. The van der Waals surface area contributed by atoms with Crippen LogP contribution in [-0.4, -0.2) is 39.9 Å². The number of sulfonamides is 1. The smallest absolute Gasteiger partial charge is 0.252 e. The zero-order valence-corrected chi connectivity index (χ0v) is 19.7. The molecule has 2 aliphatic rings. The number of thiophene rings is 1. The molecule has 0 unspecified atom stereocenters. The lowest BCUT2D eigenvalue weighted by molar-refractivity contribution is 0.0955. The number of nitrogens with zero attached hydrogens (tertiary/aromatic N) is 2. The van der Waals surface area contributed by atoms with Gasteiger partial charge in [-0.15, -0.1) is 11.3 Å². The molecule has 1 N–H and O–H groups in total. The van der Waals surface area contributed by atoms with E-state index in [-0.39, 0.29) is 0 Å². The summed E-state index contributed by atoms with van der Waals surface area (Å²) >= 11 is 2.78. The Kier molecular flexibility index (Phi) is 5.90. The van der Waals surface area contributed by atoms with Gasteiger partial charge in [0.2, 0.25) is 0 Å². The highest BCUT2D eigenvalue weighted by Crippen LogP contribution is 2.50. The van der Waals surface area contributed by atoms with Gasteiger partial charge in [0.15, 0.2) is 0 Å². The van der Waals surface area contributed by atoms with E-state index in [0.29, 0.717) is 9.62 Å². The summed E-state index contributed by atoms with van der Waals surface area (Å²) < 4.78 is 30.7. The van der Waals surface area contributed by atoms with Crippen molar-refractivity contribution in [1.29, 1.82) is 0 Å². The van der Waals surface area contributed by atoms with Crippen molar-refractivity contribution in [3.8, 4) is 0 Å². The van der Waals surface area contributed by atoms with Gasteiger partial charge in [-0.05, 0) is 73.7 Å². The molecule has 1 aromatic carbocycles. The summed E-state index contributed by atoms with van der Waals surface area (Å²) in [5.41, 5.74) is 4.30. The van der Waals surface area contributed by atoms with Crippen LogP contribution >= 0.6 is 23.3 Å². The van der Waals surface area contributed by atoms with Crippen LogP contribution in [0.1, 0.15) is 37.7 Å². The quantitative estimate of drug-likeness (QED) is 0.612. The molecule has 1 saturated heterocycles. The second-order valence-corrected chi connectivity index (χ2v) is 12.9. The summed E-state index contributed by atoms with van der Waals surface area (Å²) in [5.74, 6) is 0. The van der Waals surface area contributed by atoms with E-state index in [1.54, 1.807) is 20.2 Å². The molecule has 29 heavy (non-hydrogen) atoms. The van der Waals surface area contributed by atoms with Gasteiger partial charge in [0, 0.05) is 27.2 Å². The van der Waals surface area contributed by atoms with Crippen molar-refractivity contribution in [2.75, 3.05) is 36.8 Å². The van der Waals surface area contributed by atoms with Crippen LogP contribution in [0.2, 0.25) is 0 Å². The average molecular weight is 452 g/mol. The average Bonchev–Trinajstić information content (AvgIpc) is 3.15. The van der Waals surface area contributed by atoms with Gasteiger partial charge in [-0.2, -0.15) is 0 Å². The van der Waals surface area contributed by atoms with Gasteiger partial charge < -0.3 is 9.62 Å². The molecule has 4 rings (SSSR count). The summed E-state index contributed by atoms with van der Waals surface area (Å²) in [5, 5.41) is 0. The fourth-order valence-corrected chi connectivity index (χ4v) is 7.76. The highest BCUT2D eigenvalue weighted by atomic mass is 32.3. The number of anilines is 2. The van der Waals surface area contributed by atoms with Crippen LogP contribution in [-0.2, 0) is 10.0 Å². The number of nitrogens with one attached hydrogen (secondary N) is 1. The number of hydrogen-bond donors (Lipinski definition) is 1. The maximum absolute atomic E-state index is 12.3. The monoisotopic (exact) mass is 451 g/mol. The third kappa shape index (κ3) is 4.17. The molecular weight excluding hydrogens is 422 g/mol. The highest BCUT2D eigenvalue weighted by Gasteiger charge is 2.39. The summed E-state index contributed by atoms with van der Waals surface area (Å²) in [7, 11) is -0.255. The molecule has 2 heterocycles. The fourth-order valence-electron chi connectivity index (χ4n) is 4.32. The first-order chi connectivity index (χ1) is 13.8. The van der Waals surface area contributed by atoms with Crippen molar-refractivity contribution in [1.82, 2.24) is 4.31 Å². The lowest BCUT2D eigenvalue weighted by atomic mass is 9.63. The first kappa shape index (κ1) is 21.0. The Morgan fingerprint density at radius 3 is 2.45 bits per heavy atom. The van der Waals surface area contributed by atoms with Crippen LogP contribution < -0.4 is 9.62 Å². The maximum Gasteiger partial charge on any atom is 0.252 e. The van der Waals surface area contributed by atoms with Crippen LogP contribution in [0.25, 0.3) is 0 Å². The molecule has 1 aliphatic heterocycles. The Labute approximate surface area is 182 Å². The molecule has 158 valence electrons. The fraction of sp³-hybridized carbons (Fsp3) is 0.524. The van der Waals surface area contributed by atoms with Gasteiger partial charge in [-0.25, -0.2) is 12.7 Å². The van der Waals surface area contributed by atoms with Crippen LogP contribution in [0.5, 0.6) is 0 Å². The predicted molar refractivity (Wildman–Crippen MR) is 124 cm³/mol. The molecule has 0 bridgehead atoms. The lowest BCUT2D eigenvalue weighted by Gasteiger charge is -2.49. The highest BCUT2D eigenvalue weighted by molar-refractivity contribution is 8.02. The topological polar surface area (TPSA) is 52.7 Å². The van der Waals surface area contributed by atoms with E-state index in [9.17, 15) is 8.42 Å². The first-order valence-corrected chi connectivity index (χ1v) is 13.2. The molecule has 8 heteroatoms. The van der Waals surface area contributed by atoms with Gasteiger partial charge in [0.25, 0.3) is 10.0 Å². The second-order valence-electron chi connectivity index (χ2n) is 8.38. The molecule has 1 aromatic heterocycles. The van der Waals surface area contributed by atoms with Gasteiger partial charge >= 0.3 is 0 Å². The predicted octanol–water partition coefficient (Wildman–Crippen LogP) is 5.20. The van der Waals surface area contributed by atoms with Crippen LogP contribution in [0.4, 0.5) is 11.4 Å². The lowest BCUT2D eigenvalue weighted by Crippen LogP contribution is -2.44. The van der Waals surface area contributed by atoms with E-state index in [1.807, 2.05) is 6.07 Å². The standard InChI is InChI=1S/C21H29N3O2S3/c1-16-6-4-7-17(20(16)24-14-12-21(13-15-24)10-5-11-21)22-28-18-8-9-19(27-18)29(25,26)23(2)3/h4,6-9,22H,5,10-15H2,1-3H3. The zero-order valence-electron chi connectivity index (χ0n) is 17.3. The van der Waals surface area contributed by atoms with E-state index in [1.165, 1.54) is 70.9 Å². The Hall–Kier alpha value is -1.22. The number of para-hydroxylation sites is 1. The molecule has 1 saturated carbocycles. The zero-order chi connectivity index (χ0) is 20.6.